The van der Waals surface area contributed by atoms with Crippen molar-refractivity contribution in [2.24, 2.45) is 0 Å². The van der Waals surface area contributed by atoms with Gasteiger partial charge in [0.2, 0.25) is 0 Å². The molecule has 0 aliphatic heterocycles. The molecular weight excluding hydrogens is 240 g/mol. The van der Waals surface area contributed by atoms with E-state index in [0.29, 0.717) is 0 Å². The van der Waals surface area contributed by atoms with Crippen molar-refractivity contribution < 1.29 is 0 Å². The van der Waals surface area contributed by atoms with Crippen molar-refractivity contribution in [1.82, 2.24) is 10.3 Å². The summed E-state index contributed by atoms with van der Waals surface area (Å²) in [5, 5.41) is 5.81. The quantitative estimate of drug-likeness (QED) is 0.905. The van der Waals surface area contributed by atoms with Crippen LogP contribution in [-0.2, 0) is 0 Å². The van der Waals surface area contributed by atoms with E-state index in [9.17, 15) is 0 Å². The summed E-state index contributed by atoms with van der Waals surface area (Å²) in [6.07, 6.45) is 0. The lowest BCUT2D eigenvalue weighted by atomic mass is 10.0. The van der Waals surface area contributed by atoms with Crippen LogP contribution in [0.15, 0.2) is 23.6 Å². The van der Waals surface area contributed by atoms with E-state index < -0.39 is 0 Å². The van der Waals surface area contributed by atoms with E-state index in [1.165, 1.54) is 16.0 Å². The van der Waals surface area contributed by atoms with Crippen LogP contribution in [0.1, 0.15) is 40.4 Å². The molecule has 18 heavy (non-hydrogen) atoms. The normalized spacial score (nSPS) is 12.7. The molecule has 2 aromatic heterocycles. The maximum atomic E-state index is 4.45. The van der Waals surface area contributed by atoms with Crippen molar-refractivity contribution >= 4 is 11.3 Å². The third kappa shape index (κ3) is 2.98. The maximum Gasteiger partial charge on any atom is 0.0586 e. The molecule has 0 spiro atoms. The summed E-state index contributed by atoms with van der Waals surface area (Å²) in [6, 6.07) is 6.89. The van der Waals surface area contributed by atoms with Crippen molar-refractivity contribution in [1.29, 1.82) is 0 Å². The van der Waals surface area contributed by atoms with E-state index in [0.717, 1.165) is 17.9 Å². The Balaban J connectivity index is 2.40. The molecule has 2 aromatic rings. The number of nitrogens with one attached hydrogen (secondary N) is 1. The number of hydrogen-bond acceptors (Lipinski definition) is 3. The van der Waals surface area contributed by atoms with E-state index in [1.54, 1.807) is 11.3 Å². The van der Waals surface area contributed by atoms with Gasteiger partial charge in [-0.3, -0.25) is 4.98 Å². The molecule has 0 saturated carbocycles. The Morgan fingerprint density at radius 3 is 2.28 bits per heavy atom. The van der Waals surface area contributed by atoms with Gasteiger partial charge in [0.25, 0.3) is 0 Å². The first-order valence-electron chi connectivity index (χ1n) is 6.33. The van der Waals surface area contributed by atoms with Gasteiger partial charge in [-0.15, -0.1) is 11.3 Å². The van der Waals surface area contributed by atoms with Crippen LogP contribution in [0.5, 0.6) is 0 Å². The van der Waals surface area contributed by atoms with Gasteiger partial charge in [0.15, 0.2) is 0 Å². The standard InChI is InChI=1S/C15H20N2S/c1-5-16-15(14-8-12(4)18-9-14)13-6-10(2)17-11(3)7-13/h6-9,15-16H,5H2,1-4H3. The van der Waals surface area contributed by atoms with Crippen LogP contribution in [-0.4, -0.2) is 11.5 Å². The second kappa shape index (κ2) is 5.63. The Morgan fingerprint density at radius 2 is 1.78 bits per heavy atom. The molecule has 0 aliphatic rings. The van der Waals surface area contributed by atoms with Gasteiger partial charge in [-0.1, -0.05) is 6.92 Å². The van der Waals surface area contributed by atoms with Crippen LogP contribution in [0, 0.1) is 20.8 Å². The smallest absolute Gasteiger partial charge is 0.0586 e. The van der Waals surface area contributed by atoms with E-state index in [1.807, 2.05) is 0 Å². The molecule has 0 bridgehead atoms. The highest BCUT2D eigenvalue weighted by molar-refractivity contribution is 7.10. The molecule has 0 fully saturated rings. The van der Waals surface area contributed by atoms with Crippen molar-refractivity contribution in [3.63, 3.8) is 0 Å². The Kier molecular flexibility index (Phi) is 4.15. The van der Waals surface area contributed by atoms with Gasteiger partial charge in [-0.2, -0.15) is 0 Å². The summed E-state index contributed by atoms with van der Waals surface area (Å²) in [5.41, 5.74) is 4.82. The zero-order chi connectivity index (χ0) is 13.1. The topological polar surface area (TPSA) is 24.9 Å². The van der Waals surface area contributed by atoms with Gasteiger partial charge in [0.05, 0.1) is 6.04 Å². The molecule has 0 aromatic carbocycles. The summed E-state index contributed by atoms with van der Waals surface area (Å²) in [6.45, 7) is 9.37. The lowest BCUT2D eigenvalue weighted by Gasteiger charge is -2.18. The summed E-state index contributed by atoms with van der Waals surface area (Å²) < 4.78 is 0. The van der Waals surface area contributed by atoms with Crippen molar-refractivity contribution in [2.75, 3.05) is 6.54 Å². The van der Waals surface area contributed by atoms with Gasteiger partial charge >= 0.3 is 0 Å². The molecule has 1 unspecified atom stereocenters. The fourth-order valence-electron chi connectivity index (χ4n) is 2.28. The van der Waals surface area contributed by atoms with Crippen molar-refractivity contribution in [3.05, 3.63) is 51.0 Å². The van der Waals surface area contributed by atoms with Crippen LogP contribution >= 0.6 is 11.3 Å². The zero-order valence-electron chi connectivity index (χ0n) is 11.4. The average Bonchev–Trinajstić information content (AvgIpc) is 2.71. The van der Waals surface area contributed by atoms with E-state index in [2.05, 4.69) is 61.6 Å². The first-order valence-corrected chi connectivity index (χ1v) is 7.21. The highest BCUT2D eigenvalue weighted by Gasteiger charge is 2.15. The SMILES string of the molecule is CCNC(c1cc(C)nc(C)c1)c1csc(C)c1. The predicted molar refractivity (Wildman–Crippen MR) is 78.3 cm³/mol. The molecule has 3 heteroatoms. The fourth-order valence-corrected chi connectivity index (χ4v) is 3.01. The second-order valence-corrected chi connectivity index (χ2v) is 5.78. The number of thiophene rings is 1. The maximum absolute atomic E-state index is 4.45. The first-order chi connectivity index (χ1) is 8.60. The van der Waals surface area contributed by atoms with Crippen LogP contribution in [0.4, 0.5) is 0 Å². The van der Waals surface area contributed by atoms with E-state index in [-0.39, 0.29) is 6.04 Å². The van der Waals surface area contributed by atoms with E-state index >= 15 is 0 Å². The third-order valence-electron chi connectivity index (χ3n) is 2.93. The molecular formula is C15H20N2S. The lowest BCUT2D eigenvalue weighted by molar-refractivity contribution is 0.630. The second-order valence-electron chi connectivity index (χ2n) is 4.66. The fraction of sp³-hybridized carbons (Fsp3) is 0.400. The molecule has 96 valence electrons. The molecule has 0 saturated heterocycles. The Morgan fingerprint density at radius 1 is 1.11 bits per heavy atom. The number of pyridine rings is 1. The molecule has 2 heterocycles. The minimum Gasteiger partial charge on any atom is -0.307 e. The third-order valence-corrected chi connectivity index (χ3v) is 3.81. The van der Waals surface area contributed by atoms with Crippen molar-refractivity contribution in [2.45, 2.75) is 33.7 Å². The molecule has 0 amide bonds. The highest BCUT2D eigenvalue weighted by atomic mass is 32.1. The summed E-state index contributed by atoms with van der Waals surface area (Å²) in [5.74, 6) is 0. The minimum absolute atomic E-state index is 0.278. The highest BCUT2D eigenvalue weighted by Crippen LogP contribution is 2.26. The predicted octanol–water partition coefficient (Wildman–Crippen LogP) is 3.77. The Labute approximate surface area is 113 Å². The van der Waals surface area contributed by atoms with Crippen LogP contribution in [0.2, 0.25) is 0 Å². The van der Waals surface area contributed by atoms with Crippen LogP contribution in [0.25, 0.3) is 0 Å². The van der Waals surface area contributed by atoms with Gasteiger partial charge in [0.1, 0.15) is 0 Å². The zero-order valence-corrected chi connectivity index (χ0v) is 12.3. The number of hydrogen-bond donors (Lipinski definition) is 1. The minimum atomic E-state index is 0.278. The first kappa shape index (κ1) is 13.2. The molecule has 0 aliphatic carbocycles. The Hall–Kier alpha value is -1.19. The van der Waals surface area contributed by atoms with Gasteiger partial charge in [-0.05, 0) is 62.0 Å². The molecule has 2 nitrogen and oxygen atoms in total. The number of aryl methyl sites for hydroxylation is 3. The van der Waals surface area contributed by atoms with Gasteiger partial charge in [-0.25, -0.2) is 0 Å². The number of rotatable bonds is 4. The monoisotopic (exact) mass is 260 g/mol. The van der Waals surface area contributed by atoms with Gasteiger partial charge < -0.3 is 5.32 Å². The van der Waals surface area contributed by atoms with Crippen molar-refractivity contribution in [3.8, 4) is 0 Å². The average molecular weight is 260 g/mol. The van der Waals surface area contributed by atoms with Crippen LogP contribution < -0.4 is 5.32 Å². The Bertz CT molecular complexity index is 511. The summed E-state index contributed by atoms with van der Waals surface area (Å²) in [4.78, 5) is 5.81. The van der Waals surface area contributed by atoms with Crippen LogP contribution in [0.3, 0.4) is 0 Å². The molecule has 2 rings (SSSR count). The number of aromatic nitrogens is 1. The van der Waals surface area contributed by atoms with E-state index in [4.69, 9.17) is 0 Å². The van der Waals surface area contributed by atoms with Gasteiger partial charge in [0, 0.05) is 16.3 Å². The number of nitrogens with zero attached hydrogens (tertiary/aromatic N) is 1. The summed E-state index contributed by atoms with van der Waals surface area (Å²) in [7, 11) is 0. The molecule has 1 atom stereocenters. The molecule has 1 N–H and O–H groups in total. The molecule has 0 radical (unpaired) electrons. The largest absolute Gasteiger partial charge is 0.307 e. The lowest BCUT2D eigenvalue weighted by Crippen LogP contribution is -2.21. The summed E-state index contributed by atoms with van der Waals surface area (Å²) >= 11 is 1.81.